The monoisotopic (exact) mass is 262 g/mol. The lowest BCUT2D eigenvalue weighted by Gasteiger charge is -2.20. The van der Waals surface area contributed by atoms with E-state index in [1.54, 1.807) is 6.92 Å². The van der Waals surface area contributed by atoms with Crippen LogP contribution >= 0.6 is 0 Å². The molecule has 2 rings (SSSR count). The van der Waals surface area contributed by atoms with Gasteiger partial charge in [-0.2, -0.15) is 0 Å². The van der Waals surface area contributed by atoms with Crippen molar-refractivity contribution in [2.24, 2.45) is 0 Å². The summed E-state index contributed by atoms with van der Waals surface area (Å²) in [7, 11) is 0. The molecule has 1 aromatic rings. The molecule has 102 valence electrons. The molecule has 1 aliphatic rings. The third-order valence-corrected chi connectivity index (χ3v) is 3.19. The number of ether oxygens (including phenoxy) is 1. The maximum atomic E-state index is 11.6. The topological polar surface area (TPSA) is 67.4 Å². The third kappa shape index (κ3) is 3.54. The molecule has 1 heterocycles. The Labute approximate surface area is 112 Å². The Morgan fingerprint density at radius 1 is 1.21 bits per heavy atom. The van der Waals surface area contributed by atoms with Crippen LogP contribution in [0.3, 0.4) is 0 Å². The molecule has 5 heteroatoms. The van der Waals surface area contributed by atoms with E-state index in [1.165, 1.54) is 0 Å². The standard InChI is InChI=1S/C14H18N2O3/c1-14(12(17)15-13(18)16-14)8-5-9-19-10-11-6-3-2-4-7-11/h2-4,6-7H,5,8-10H2,1H3,(H2,15,16,17,18). The summed E-state index contributed by atoms with van der Waals surface area (Å²) < 4.78 is 5.54. The van der Waals surface area contributed by atoms with Crippen LogP contribution in [-0.4, -0.2) is 24.1 Å². The van der Waals surface area contributed by atoms with Crippen LogP contribution in [0.1, 0.15) is 25.3 Å². The van der Waals surface area contributed by atoms with E-state index in [4.69, 9.17) is 4.74 Å². The summed E-state index contributed by atoms with van der Waals surface area (Å²) >= 11 is 0. The van der Waals surface area contributed by atoms with Crippen LogP contribution in [0.2, 0.25) is 0 Å². The van der Waals surface area contributed by atoms with E-state index >= 15 is 0 Å². The van der Waals surface area contributed by atoms with Gasteiger partial charge < -0.3 is 10.1 Å². The average molecular weight is 262 g/mol. The molecule has 1 atom stereocenters. The van der Waals surface area contributed by atoms with Gasteiger partial charge in [0.25, 0.3) is 5.91 Å². The minimum Gasteiger partial charge on any atom is -0.377 e. The van der Waals surface area contributed by atoms with Gasteiger partial charge in [-0.3, -0.25) is 10.1 Å². The molecule has 2 N–H and O–H groups in total. The molecule has 0 bridgehead atoms. The Balaban J connectivity index is 1.67. The zero-order valence-electron chi connectivity index (χ0n) is 10.9. The molecular weight excluding hydrogens is 244 g/mol. The summed E-state index contributed by atoms with van der Waals surface area (Å²) in [5.74, 6) is -0.263. The maximum absolute atomic E-state index is 11.6. The third-order valence-electron chi connectivity index (χ3n) is 3.19. The average Bonchev–Trinajstić information content (AvgIpc) is 2.64. The zero-order valence-corrected chi connectivity index (χ0v) is 10.9. The van der Waals surface area contributed by atoms with Crippen LogP contribution in [0, 0.1) is 0 Å². The van der Waals surface area contributed by atoms with Crippen molar-refractivity contribution in [2.75, 3.05) is 6.61 Å². The Morgan fingerprint density at radius 3 is 2.58 bits per heavy atom. The molecule has 1 aromatic carbocycles. The van der Waals surface area contributed by atoms with Gasteiger partial charge >= 0.3 is 6.03 Å². The molecular formula is C14H18N2O3. The number of nitrogens with one attached hydrogen (secondary N) is 2. The van der Waals surface area contributed by atoms with Crippen molar-refractivity contribution in [1.82, 2.24) is 10.6 Å². The van der Waals surface area contributed by atoms with Crippen LogP contribution < -0.4 is 10.6 Å². The number of rotatable bonds is 6. The second-order valence-electron chi connectivity index (χ2n) is 4.88. The molecule has 1 fully saturated rings. The Morgan fingerprint density at radius 2 is 1.95 bits per heavy atom. The van der Waals surface area contributed by atoms with Crippen LogP contribution in [0.4, 0.5) is 4.79 Å². The van der Waals surface area contributed by atoms with Crippen molar-refractivity contribution in [3.63, 3.8) is 0 Å². The molecule has 3 amide bonds. The second-order valence-corrected chi connectivity index (χ2v) is 4.88. The van der Waals surface area contributed by atoms with Crippen molar-refractivity contribution >= 4 is 11.9 Å². The van der Waals surface area contributed by atoms with Crippen molar-refractivity contribution < 1.29 is 14.3 Å². The molecule has 5 nitrogen and oxygen atoms in total. The van der Waals surface area contributed by atoms with Crippen LogP contribution in [0.25, 0.3) is 0 Å². The lowest BCUT2D eigenvalue weighted by atomic mass is 9.96. The van der Waals surface area contributed by atoms with Crippen molar-refractivity contribution in [3.05, 3.63) is 35.9 Å². The van der Waals surface area contributed by atoms with Gasteiger partial charge in [0.05, 0.1) is 6.61 Å². The van der Waals surface area contributed by atoms with E-state index in [1.807, 2.05) is 30.3 Å². The Kier molecular flexibility index (Phi) is 4.16. The number of carbonyl (C=O) groups is 2. The molecule has 1 unspecified atom stereocenters. The molecule has 0 aromatic heterocycles. The van der Waals surface area contributed by atoms with Gasteiger partial charge in [-0.1, -0.05) is 30.3 Å². The van der Waals surface area contributed by atoms with E-state index < -0.39 is 11.6 Å². The van der Waals surface area contributed by atoms with Crippen LogP contribution in [-0.2, 0) is 16.1 Å². The first-order chi connectivity index (χ1) is 9.10. The highest BCUT2D eigenvalue weighted by molar-refractivity contribution is 6.06. The van der Waals surface area contributed by atoms with Crippen molar-refractivity contribution in [3.8, 4) is 0 Å². The molecule has 0 aliphatic carbocycles. The van der Waals surface area contributed by atoms with Gasteiger partial charge in [0.15, 0.2) is 0 Å². The fourth-order valence-electron chi connectivity index (χ4n) is 2.05. The summed E-state index contributed by atoms with van der Waals surface area (Å²) in [4.78, 5) is 22.6. The highest BCUT2D eigenvalue weighted by Gasteiger charge is 2.40. The van der Waals surface area contributed by atoms with E-state index in [0.717, 1.165) is 12.0 Å². The van der Waals surface area contributed by atoms with Gasteiger partial charge in [0.2, 0.25) is 0 Å². The zero-order chi connectivity index (χ0) is 13.7. The Hall–Kier alpha value is -1.88. The number of hydrogen-bond donors (Lipinski definition) is 2. The predicted molar refractivity (Wildman–Crippen MR) is 70.4 cm³/mol. The molecule has 19 heavy (non-hydrogen) atoms. The van der Waals surface area contributed by atoms with Gasteiger partial charge in [-0.25, -0.2) is 4.79 Å². The SMILES string of the molecule is CC1(CCCOCc2ccccc2)NC(=O)NC1=O. The normalized spacial score (nSPS) is 22.2. The summed E-state index contributed by atoms with van der Waals surface area (Å²) in [6.45, 7) is 2.86. The fraction of sp³-hybridized carbons (Fsp3) is 0.429. The highest BCUT2D eigenvalue weighted by atomic mass is 16.5. The van der Waals surface area contributed by atoms with E-state index in [-0.39, 0.29) is 5.91 Å². The minimum absolute atomic E-state index is 0.263. The quantitative estimate of drug-likeness (QED) is 0.604. The molecule has 0 saturated carbocycles. The summed E-state index contributed by atoms with van der Waals surface area (Å²) in [5, 5.41) is 4.88. The minimum atomic E-state index is -0.798. The van der Waals surface area contributed by atoms with E-state index in [9.17, 15) is 9.59 Å². The smallest absolute Gasteiger partial charge is 0.322 e. The van der Waals surface area contributed by atoms with Crippen molar-refractivity contribution in [1.29, 1.82) is 0 Å². The highest BCUT2D eigenvalue weighted by Crippen LogP contribution is 2.16. The molecule has 1 aliphatic heterocycles. The van der Waals surface area contributed by atoms with Gasteiger partial charge in [0.1, 0.15) is 5.54 Å². The fourth-order valence-corrected chi connectivity index (χ4v) is 2.05. The van der Waals surface area contributed by atoms with Crippen LogP contribution in [0.15, 0.2) is 30.3 Å². The first-order valence-corrected chi connectivity index (χ1v) is 6.35. The first-order valence-electron chi connectivity index (χ1n) is 6.35. The number of hydrogen-bond acceptors (Lipinski definition) is 3. The number of benzene rings is 1. The number of imide groups is 1. The summed E-state index contributed by atoms with van der Waals surface area (Å²) in [6, 6.07) is 9.50. The summed E-state index contributed by atoms with van der Waals surface area (Å²) in [5.41, 5.74) is 0.327. The lowest BCUT2D eigenvalue weighted by Crippen LogP contribution is -2.43. The predicted octanol–water partition coefficient (Wildman–Crippen LogP) is 1.58. The van der Waals surface area contributed by atoms with E-state index in [0.29, 0.717) is 19.6 Å². The van der Waals surface area contributed by atoms with Gasteiger partial charge in [0, 0.05) is 6.61 Å². The molecule has 1 saturated heterocycles. The largest absolute Gasteiger partial charge is 0.377 e. The lowest BCUT2D eigenvalue weighted by molar-refractivity contribution is -0.123. The number of urea groups is 1. The molecule has 0 radical (unpaired) electrons. The molecule has 0 spiro atoms. The number of amides is 3. The van der Waals surface area contributed by atoms with Crippen LogP contribution in [0.5, 0.6) is 0 Å². The number of carbonyl (C=O) groups excluding carboxylic acids is 2. The van der Waals surface area contributed by atoms with Gasteiger partial charge in [-0.05, 0) is 25.3 Å². The first kappa shape index (κ1) is 13.5. The van der Waals surface area contributed by atoms with Crippen molar-refractivity contribution in [2.45, 2.75) is 31.9 Å². The second kappa shape index (κ2) is 5.84. The summed E-state index contributed by atoms with van der Waals surface area (Å²) in [6.07, 6.45) is 1.29. The maximum Gasteiger partial charge on any atom is 0.322 e. The Bertz CT molecular complexity index is 461. The van der Waals surface area contributed by atoms with E-state index in [2.05, 4.69) is 10.6 Å². The van der Waals surface area contributed by atoms with Gasteiger partial charge in [-0.15, -0.1) is 0 Å².